The molecule has 3 rings (SSSR count). The van der Waals surface area contributed by atoms with E-state index < -0.39 is 20.0 Å². The van der Waals surface area contributed by atoms with Crippen LogP contribution in [0.25, 0.3) is 0 Å². The molecule has 0 unspecified atom stereocenters. The summed E-state index contributed by atoms with van der Waals surface area (Å²) in [6, 6.07) is 9.87. The number of carbonyl (C=O) groups excluding carboxylic acids is 2. The third kappa shape index (κ3) is 5.91. The summed E-state index contributed by atoms with van der Waals surface area (Å²) in [7, 11) is -1.77. The molecule has 1 aromatic carbocycles. The number of carbonyl (C=O) groups is 2. The molecule has 0 aromatic heterocycles. The summed E-state index contributed by atoms with van der Waals surface area (Å²) in [4.78, 5) is 31.6. The molecule has 0 aliphatic carbocycles. The molecular weight excluding hydrogens is 434 g/mol. The predicted molar refractivity (Wildman–Crippen MR) is 132 cm³/mol. The van der Waals surface area contributed by atoms with E-state index in [2.05, 4.69) is 39.0 Å². The highest BCUT2D eigenvalue weighted by Gasteiger charge is 2.49. The highest BCUT2D eigenvalue weighted by atomic mass is 28.4. The molecule has 0 saturated carbocycles. The molecule has 1 aromatic rings. The van der Waals surface area contributed by atoms with Gasteiger partial charge in [-0.15, -0.1) is 0 Å². The second-order valence-corrected chi connectivity index (χ2v) is 16.1. The van der Waals surface area contributed by atoms with Gasteiger partial charge in [-0.3, -0.25) is 9.59 Å². The zero-order valence-corrected chi connectivity index (χ0v) is 22.2. The Labute approximate surface area is 199 Å². The quantitative estimate of drug-likeness (QED) is 0.305. The molecule has 2 aliphatic heterocycles. The lowest BCUT2D eigenvalue weighted by Gasteiger charge is -2.36. The Morgan fingerprint density at radius 3 is 2.55 bits per heavy atom. The Morgan fingerprint density at radius 2 is 1.91 bits per heavy atom. The van der Waals surface area contributed by atoms with Gasteiger partial charge in [-0.05, 0) is 50.4 Å². The van der Waals surface area contributed by atoms with Gasteiger partial charge in [0.15, 0.2) is 8.32 Å². The van der Waals surface area contributed by atoms with Gasteiger partial charge < -0.3 is 9.26 Å². The van der Waals surface area contributed by atoms with E-state index in [1.807, 2.05) is 49.2 Å². The predicted octanol–water partition coefficient (Wildman–Crippen LogP) is 4.89. The Bertz CT molecular complexity index is 893. The van der Waals surface area contributed by atoms with Gasteiger partial charge >= 0.3 is 0 Å². The molecule has 1 saturated heterocycles. The Kier molecular flexibility index (Phi) is 7.51. The van der Waals surface area contributed by atoms with Crippen LogP contribution in [-0.4, -0.2) is 54.1 Å². The number of rotatable bonds is 8. The van der Waals surface area contributed by atoms with Crippen molar-refractivity contribution in [3.8, 4) is 0 Å². The summed E-state index contributed by atoms with van der Waals surface area (Å²) in [5.74, 6) is -0.529. The minimum Gasteiger partial charge on any atom is -0.417 e. The van der Waals surface area contributed by atoms with E-state index in [4.69, 9.17) is 9.26 Å². The first kappa shape index (κ1) is 25.6. The zero-order valence-electron chi connectivity index (χ0n) is 21.2. The summed E-state index contributed by atoms with van der Waals surface area (Å²) in [6.45, 7) is 16.3. The van der Waals surface area contributed by atoms with E-state index >= 15 is 0 Å². The molecule has 0 spiro atoms. The fourth-order valence-corrected chi connectivity index (χ4v) is 4.98. The van der Waals surface area contributed by atoms with Crippen molar-refractivity contribution in [2.75, 3.05) is 6.61 Å². The molecule has 0 N–H and O–H groups in total. The monoisotopic (exact) mass is 473 g/mol. The highest BCUT2D eigenvalue weighted by Crippen LogP contribution is 2.37. The summed E-state index contributed by atoms with van der Waals surface area (Å²) >= 11 is 0. The number of hydrogen-bond acceptors (Lipinski definition) is 6. The molecular formula is C25H39N3O4Si. The average molecular weight is 474 g/mol. The standard InChI is InChI=1S/C25H39N3O4Si/c1-24(2,3)33(6,7)31-15-11-14-20-16-21(32-26-20)23(30)28-22(29)17-25(4,5)27(28)18-19-12-9-8-10-13-19/h8-10,12-13,21H,11,14-18H2,1-7H3/t21-/m0/s1. The lowest BCUT2D eigenvalue weighted by molar-refractivity contribution is -0.169. The molecule has 0 radical (unpaired) electrons. The van der Waals surface area contributed by atoms with Gasteiger partial charge in [-0.2, -0.15) is 0 Å². The minimum atomic E-state index is -1.77. The average Bonchev–Trinajstić information content (AvgIpc) is 3.27. The number of hydrogen-bond donors (Lipinski definition) is 0. The third-order valence-electron chi connectivity index (χ3n) is 7.03. The molecule has 182 valence electrons. The first-order valence-electron chi connectivity index (χ1n) is 11.9. The van der Waals surface area contributed by atoms with Gasteiger partial charge in [0.05, 0.1) is 5.71 Å². The van der Waals surface area contributed by atoms with Gasteiger partial charge in [0, 0.05) is 31.5 Å². The number of hydrazine groups is 1. The van der Waals surface area contributed by atoms with Crippen LogP contribution < -0.4 is 0 Å². The first-order valence-corrected chi connectivity index (χ1v) is 14.8. The molecule has 33 heavy (non-hydrogen) atoms. The van der Waals surface area contributed by atoms with Crippen LogP contribution in [0.1, 0.15) is 65.9 Å². The van der Waals surface area contributed by atoms with Crippen LogP contribution >= 0.6 is 0 Å². The molecule has 1 atom stereocenters. The fraction of sp³-hybridized carbons (Fsp3) is 0.640. The van der Waals surface area contributed by atoms with Crippen LogP contribution in [0.15, 0.2) is 35.5 Å². The van der Waals surface area contributed by atoms with Crippen LogP contribution in [0.2, 0.25) is 18.1 Å². The zero-order chi connectivity index (χ0) is 24.4. The van der Waals surface area contributed by atoms with Crippen molar-refractivity contribution in [1.82, 2.24) is 10.0 Å². The van der Waals surface area contributed by atoms with Crippen LogP contribution in [-0.2, 0) is 25.4 Å². The van der Waals surface area contributed by atoms with E-state index in [1.165, 1.54) is 5.01 Å². The third-order valence-corrected chi connectivity index (χ3v) is 11.6. The number of imide groups is 1. The van der Waals surface area contributed by atoms with Crippen LogP contribution in [0, 0.1) is 0 Å². The lowest BCUT2D eigenvalue weighted by atomic mass is 10.0. The second-order valence-electron chi connectivity index (χ2n) is 11.2. The van der Waals surface area contributed by atoms with Gasteiger partial charge in [0.1, 0.15) is 0 Å². The smallest absolute Gasteiger partial charge is 0.288 e. The molecule has 2 amide bonds. The largest absolute Gasteiger partial charge is 0.417 e. The molecule has 2 aliphatic rings. The van der Waals surface area contributed by atoms with Crippen LogP contribution in [0.5, 0.6) is 0 Å². The summed E-state index contributed by atoms with van der Waals surface area (Å²) in [5.41, 5.74) is 1.45. The Balaban J connectivity index is 1.56. The molecule has 0 bridgehead atoms. The van der Waals surface area contributed by atoms with Crippen molar-refractivity contribution in [2.24, 2.45) is 5.16 Å². The van der Waals surface area contributed by atoms with E-state index in [9.17, 15) is 9.59 Å². The van der Waals surface area contributed by atoms with Crippen molar-refractivity contribution >= 4 is 25.8 Å². The topological polar surface area (TPSA) is 71.4 Å². The fourth-order valence-electron chi connectivity index (χ4n) is 3.89. The van der Waals surface area contributed by atoms with Gasteiger partial charge in [-0.1, -0.05) is 56.3 Å². The Morgan fingerprint density at radius 1 is 1.24 bits per heavy atom. The lowest BCUT2D eigenvalue weighted by Crippen LogP contribution is -2.52. The van der Waals surface area contributed by atoms with Gasteiger partial charge in [0.25, 0.3) is 5.91 Å². The van der Waals surface area contributed by atoms with Crippen molar-refractivity contribution < 1.29 is 18.9 Å². The van der Waals surface area contributed by atoms with E-state index in [0.717, 1.165) is 24.1 Å². The van der Waals surface area contributed by atoms with Crippen LogP contribution in [0.4, 0.5) is 0 Å². The second kappa shape index (κ2) is 9.68. The minimum absolute atomic E-state index is 0.181. The van der Waals surface area contributed by atoms with E-state index in [-0.39, 0.29) is 23.3 Å². The first-order chi connectivity index (χ1) is 15.3. The molecule has 1 fully saturated rings. The summed E-state index contributed by atoms with van der Waals surface area (Å²) in [5, 5.41) is 7.49. The number of oxime groups is 1. The number of benzene rings is 1. The maximum Gasteiger partial charge on any atom is 0.288 e. The maximum atomic E-state index is 13.3. The highest BCUT2D eigenvalue weighted by molar-refractivity contribution is 6.74. The number of amides is 2. The van der Waals surface area contributed by atoms with Crippen molar-refractivity contribution in [3.63, 3.8) is 0 Å². The molecule has 7 nitrogen and oxygen atoms in total. The normalized spacial score (nSPS) is 21.3. The molecule has 2 heterocycles. The van der Waals surface area contributed by atoms with E-state index in [0.29, 0.717) is 19.6 Å². The van der Waals surface area contributed by atoms with Crippen LogP contribution in [0.3, 0.4) is 0 Å². The Hall–Kier alpha value is -2.03. The van der Waals surface area contributed by atoms with Crippen molar-refractivity contribution in [3.05, 3.63) is 35.9 Å². The van der Waals surface area contributed by atoms with Gasteiger partial charge in [-0.25, -0.2) is 10.0 Å². The maximum absolute atomic E-state index is 13.3. The van der Waals surface area contributed by atoms with Crippen molar-refractivity contribution in [2.45, 2.75) is 96.6 Å². The van der Waals surface area contributed by atoms with E-state index in [1.54, 1.807) is 0 Å². The summed E-state index contributed by atoms with van der Waals surface area (Å²) in [6.07, 6.45) is 1.52. The van der Waals surface area contributed by atoms with Gasteiger partial charge in [0.2, 0.25) is 12.0 Å². The SMILES string of the molecule is CC1(C)CC(=O)N(C(=O)[C@@H]2CC(CCCO[Si](C)(C)C(C)(C)C)=NO2)N1Cc1ccccc1. The van der Waals surface area contributed by atoms with Crippen molar-refractivity contribution in [1.29, 1.82) is 0 Å². The molecule has 8 heteroatoms. The number of nitrogens with zero attached hydrogens (tertiary/aromatic N) is 3. The summed E-state index contributed by atoms with van der Waals surface area (Å²) < 4.78 is 6.23.